The van der Waals surface area contributed by atoms with Crippen molar-refractivity contribution in [1.82, 2.24) is 0 Å². The van der Waals surface area contributed by atoms with E-state index in [1.807, 2.05) is 18.2 Å². The first-order valence-corrected chi connectivity index (χ1v) is 6.24. The van der Waals surface area contributed by atoms with Crippen molar-refractivity contribution in [2.45, 2.75) is 19.4 Å². The van der Waals surface area contributed by atoms with Gasteiger partial charge >= 0.3 is 0 Å². The van der Waals surface area contributed by atoms with E-state index in [1.165, 1.54) is 0 Å². The molecule has 4 nitrogen and oxygen atoms in total. The second kappa shape index (κ2) is 9.33. The molecule has 1 aromatic carbocycles. The number of carbonyl (C=O) groups is 1. The van der Waals surface area contributed by atoms with Crippen LogP contribution >= 0.6 is 28.3 Å². The van der Waals surface area contributed by atoms with Gasteiger partial charge in [-0.1, -0.05) is 22.0 Å². The molecule has 6 heteroatoms. The van der Waals surface area contributed by atoms with Gasteiger partial charge in [-0.05, 0) is 25.1 Å². The van der Waals surface area contributed by atoms with Crippen molar-refractivity contribution in [2.24, 2.45) is 5.73 Å². The molecule has 1 rings (SSSR count). The predicted octanol–water partition coefficient (Wildman–Crippen LogP) is 2.69. The summed E-state index contributed by atoms with van der Waals surface area (Å²) in [5.74, 6) is -0.0223. The Bertz CT molecular complexity index is 388. The summed E-state index contributed by atoms with van der Waals surface area (Å²) in [5, 5.41) is 2.87. The third-order valence-corrected chi connectivity index (χ3v) is 3.03. The number of amides is 1. The van der Waals surface area contributed by atoms with E-state index < -0.39 is 0 Å². The Labute approximate surface area is 122 Å². The normalized spacial score (nSPS) is 9.72. The quantitative estimate of drug-likeness (QED) is 0.839. The fourth-order valence-electron chi connectivity index (χ4n) is 1.44. The van der Waals surface area contributed by atoms with Gasteiger partial charge in [0.25, 0.3) is 0 Å². The van der Waals surface area contributed by atoms with Crippen molar-refractivity contribution >= 4 is 39.9 Å². The van der Waals surface area contributed by atoms with Crippen LogP contribution in [0.25, 0.3) is 0 Å². The van der Waals surface area contributed by atoms with Gasteiger partial charge in [-0.15, -0.1) is 12.4 Å². The molecular formula is C12H18BrClN2O2. The van der Waals surface area contributed by atoms with Crippen LogP contribution in [0.4, 0.5) is 5.69 Å². The molecule has 0 aliphatic heterocycles. The molecule has 0 aliphatic carbocycles. The van der Waals surface area contributed by atoms with Gasteiger partial charge in [0.15, 0.2) is 0 Å². The summed E-state index contributed by atoms with van der Waals surface area (Å²) in [6, 6.07) is 5.66. The molecular weight excluding hydrogens is 320 g/mol. The number of hydrogen-bond donors (Lipinski definition) is 2. The summed E-state index contributed by atoms with van der Waals surface area (Å²) in [4.78, 5) is 11.6. The van der Waals surface area contributed by atoms with E-state index >= 15 is 0 Å². The molecule has 0 radical (unpaired) electrons. The number of benzene rings is 1. The van der Waals surface area contributed by atoms with Crippen LogP contribution in [0.1, 0.15) is 18.4 Å². The van der Waals surface area contributed by atoms with Crippen molar-refractivity contribution < 1.29 is 9.53 Å². The van der Waals surface area contributed by atoms with Crippen molar-refractivity contribution in [1.29, 1.82) is 0 Å². The first-order chi connectivity index (χ1) is 8.19. The molecule has 0 heterocycles. The molecule has 0 saturated carbocycles. The highest BCUT2D eigenvalue weighted by atomic mass is 79.9. The van der Waals surface area contributed by atoms with Crippen LogP contribution < -0.4 is 11.1 Å². The number of ether oxygens (including phenoxy) is 1. The molecule has 1 amide bonds. The standard InChI is InChI=1S/C12H17BrN2O2.ClH/c1-17-8-9-10(13)4-2-5-11(9)15-12(16)6-3-7-14;/h2,4-5H,3,6-8,14H2,1H3,(H,15,16);1H. The maximum Gasteiger partial charge on any atom is 0.224 e. The van der Waals surface area contributed by atoms with Crippen LogP contribution in [-0.4, -0.2) is 19.6 Å². The monoisotopic (exact) mass is 336 g/mol. The summed E-state index contributed by atoms with van der Waals surface area (Å²) in [6.07, 6.45) is 1.13. The van der Waals surface area contributed by atoms with Crippen molar-refractivity contribution in [3.05, 3.63) is 28.2 Å². The van der Waals surface area contributed by atoms with Gasteiger partial charge in [-0.3, -0.25) is 4.79 Å². The van der Waals surface area contributed by atoms with E-state index in [2.05, 4.69) is 21.2 Å². The van der Waals surface area contributed by atoms with E-state index in [-0.39, 0.29) is 18.3 Å². The Morgan fingerprint density at radius 2 is 2.22 bits per heavy atom. The first kappa shape index (κ1) is 17.4. The Morgan fingerprint density at radius 3 is 2.83 bits per heavy atom. The smallest absolute Gasteiger partial charge is 0.224 e. The largest absolute Gasteiger partial charge is 0.380 e. The van der Waals surface area contributed by atoms with E-state index in [4.69, 9.17) is 10.5 Å². The van der Waals surface area contributed by atoms with E-state index in [1.54, 1.807) is 7.11 Å². The number of methoxy groups -OCH3 is 1. The zero-order valence-electron chi connectivity index (χ0n) is 10.2. The number of carbonyl (C=O) groups excluding carboxylic acids is 1. The van der Waals surface area contributed by atoms with Gasteiger partial charge in [0.2, 0.25) is 5.91 Å². The van der Waals surface area contributed by atoms with E-state index in [0.717, 1.165) is 15.7 Å². The van der Waals surface area contributed by atoms with Gasteiger partial charge in [0.05, 0.1) is 6.61 Å². The molecule has 0 bridgehead atoms. The average molecular weight is 338 g/mol. The average Bonchev–Trinajstić information content (AvgIpc) is 2.31. The predicted molar refractivity (Wildman–Crippen MR) is 79.0 cm³/mol. The lowest BCUT2D eigenvalue weighted by Gasteiger charge is -2.12. The van der Waals surface area contributed by atoms with Crippen molar-refractivity contribution in [3.8, 4) is 0 Å². The minimum Gasteiger partial charge on any atom is -0.380 e. The highest BCUT2D eigenvalue weighted by Crippen LogP contribution is 2.25. The third kappa shape index (κ3) is 5.35. The Balaban J connectivity index is 0.00000289. The van der Waals surface area contributed by atoms with Crippen LogP contribution in [0.3, 0.4) is 0 Å². The van der Waals surface area contributed by atoms with Crippen molar-refractivity contribution in [3.63, 3.8) is 0 Å². The maximum absolute atomic E-state index is 11.6. The second-order valence-electron chi connectivity index (χ2n) is 3.64. The van der Waals surface area contributed by atoms with E-state index in [9.17, 15) is 4.79 Å². The number of hydrogen-bond acceptors (Lipinski definition) is 3. The molecule has 102 valence electrons. The second-order valence-corrected chi connectivity index (χ2v) is 4.49. The molecule has 0 spiro atoms. The minimum atomic E-state index is -0.0223. The van der Waals surface area contributed by atoms with Crippen LogP contribution in [0.2, 0.25) is 0 Å². The van der Waals surface area contributed by atoms with Gasteiger partial charge in [-0.2, -0.15) is 0 Å². The SMILES string of the molecule is COCc1c(Br)cccc1NC(=O)CCCN.Cl. The number of rotatable bonds is 6. The zero-order chi connectivity index (χ0) is 12.7. The van der Waals surface area contributed by atoms with Crippen LogP contribution in [0.15, 0.2) is 22.7 Å². The summed E-state index contributed by atoms with van der Waals surface area (Å²) in [5.41, 5.74) is 7.09. The van der Waals surface area contributed by atoms with Crippen LogP contribution in [0, 0.1) is 0 Å². The highest BCUT2D eigenvalue weighted by Gasteiger charge is 2.09. The van der Waals surface area contributed by atoms with Gasteiger partial charge in [0, 0.05) is 29.3 Å². The molecule has 0 fully saturated rings. The number of anilines is 1. The Hall–Kier alpha value is -0.620. The maximum atomic E-state index is 11.6. The molecule has 1 aromatic rings. The minimum absolute atomic E-state index is 0. The molecule has 0 aromatic heterocycles. The van der Waals surface area contributed by atoms with Crippen LogP contribution in [-0.2, 0) is 16.1 Å². The van der Waals surface area contributed by atoms with Gasteiger partial charge < -0.3 is 15.8 Å². The zero-order valence-corrected chi connectivity index (χ0v) is 12.6. The summed E-state index contributed by atoms with van der Waals surface area (Å²) in [6.45, 7) is 0.977. The third-order valence-electron chi connectivity index (χ3n) is 2.29. The van der Waals surface area contributed by atoms with Crippen LogP contribution in [0.5, 0.6) is 0 Å². The fourth-order valence-corrected chi connectivity index (χ4v) is 1.92. The molecule has 0 atom stereocenters. The Morgan fingerprint density at radius 1 is 1.50 bits per heavy atom. The number of nitrogens with two attached hydrogens (primary N) is 1. The van der Waals surface area contributed by atoms with Gasteiger partial charge in [-0.25, -0.2) is 0 Å². The molecule has 0 unspecified atom stereocenters. The summed E-state index contributed by atoms with van der Waals surface area (Å²) in [7, 11) is 1.62. The topological polar surface area (TPSA) is 64.3 Å². The fraction of sp³-hybridized carbons (Fsp3) is 0.417. The van der Waals surface area contributed by atoms with E-state index in [0.29, 0.717) is 26.0 Å². The number of nitrogens with one attached hydrogen (secondary N) is 1. The lowest BCUT2D eigenvalue weighted by atomic mass is 10.2. The molecule has 18 heavy (non-hydrogen) atoms. The highest BCUT2D eigenvalue weighted by molar-refractivity contribution is 9.10. The molecule has 0 aliphatic rings. The first-order valence-electron chi connectivity index (χ1n) is 5.45. The van der Waals surface area contributed by atoms with Gasteiger partial charge in [0.1, 0.15) is 0 Å². The molecule has 3 N–H and O–H groups in total. The molecule has 0 saturated heterocycles. The summed E-state index contributed by atoms with van der Waals surface area (Å²) < 4.78 is 6.04. The number of halogens is 2. The summed E-state index contributed by atoms with van der Waals surface area (Å²) >= 11 is 3.44. The lowest BCUT2D eigenvalue weighted by molar-refractivity contribution is -0.116. The Kier molecular flexibility index (Phi) is 9.01. The lowest BCUT2D eigenvalue weighted by Crippen LogP contribution is -2.14. The van der Waals surface area contributed by atoms with Crippen molar-refractivity contribution in [2.75, 3.05) is 19.0 Å².